The quantitative estimate of drug-likeness (QED) is 0.840. The minimum atomic E-state index is -0.232. The lowest BCUT2D eigenvalue weighted by atomic mass is 10.1. The molecule has 1 N–H and O–H groups in total. The Bertz CT molecular complexity index is 615. The van der Waals surface area contributed by atoms with Gasteiger partial charge in [0.1, 0.15) is 11.6 Å². The molecule has 0 saturated carbocycles. The van der Waals surface area contributed by atoms with Crippen molar-refractivity contribution in [3.63, 3.8) is 0 Å². The molecule has 0 saturated heterocycles. The number of rotatable bonds is 4. The number of aryl methyl sites for hydroxylation is 1. The first-order valence-electron chi connectivity index (χ1n) is 6.37. The summed E-state index contributed by atoms with van der Waals surface area (Å²) in [4.78, 5) is 0. The summed E-state index contributed by atoms with van der Waals surface area (Å²) in [5, 5.41) is 3.18. The molecule has 0 aliphatic carbocycles. The molecule has 2 aromatic carbocycles. The second-order valence-electron chi connectivity index (χ2n) is 4.74. The molecule has 0 fully saturated rings. The molecule has 0 aromatic heterocycles. The summed E-state index contributed by atoms with van der Waals surface area (Å²) in [6, 6.07) is 11.0. The van der Waals surface area contributed by atoms with Crippen LogP contribution in [0.5, 0.6) is 5.75 Å². The van der Waals surface area contributed by atoms with Gasteiger partial charge in [0.05, 0.1) is 17.3 Å². The first kappa shape index (κ1) is 14.9. The largest absolute Gasteiger partial charge is 0.496 e. The molecule has 4 heteroatoms. The van der Waals surface area contributed by atoms with Crippen molar-refractivity contribution >= 4 is 21.6 Å². The minimum absolute atomic E-state index is 0.00517. The Labute approximate surface area is 127 Å². The zero-order chi connectivity index (χ0) is 14.7. The lowest BCUT2D eigenvalue weighted by Gasteiger charge is -2.17. The average molecular weight is 338 g/mol. The second kappa shape index (κ2) is 6.27. The van der Waals surface area contributed by atoms with E-state index in [2.05, 4.69) is 21.2 Å². The fraction of sp³-hybridized carbons (Fsp3) is 0.250. The molecule has 0 aliphatic rings. The van der Waals surface area contributed by atoms with Gasteiger partial charge < -0.3 is 10.1 Å². The molecular weight excluding hydrogens is 321 g/mol. The Morgan fingerprint density at radius 2 is 1.95 bits per heavy atom. The summed E-state index contributed by atoms with van der Waals surface area (Å²) in [5.41, 5.74) is 2.47. The second-order valence-corrected chi connectivity index (χ2v) is 5.60. The van der Waals surface area contributed by atoms with Crippen molar-refractivity contribution < 1.29 is 9.13 Å². The fourth-order valence-corrected chi connectivity index (χ4v) is 2.56. The molecule has 106 valence electrons. The van der Waals surface area contributed by atoms with E-state index in [-0.39, 0.29) is 11.9 Å². The lowest BCUT2D eigenvalue weighted by Crippen LogP contribution is -2.08. The topological polar surface area (TPSA) is 21.3 Å². The molecule has 1 unspecified atom stereocenters. The predicted molar refractivity (Wildman–Crippen MR) is 83.9 cm³/mol. The van der Waals surface area contributed by atoms with Crippen LogP contribution in [0.15, 0.2) is 40.9 Å². The third-order valence-corrected chi connectivity index (χ3v) is 3.79. The molecule has 2 rings (SSSR count). The van der Waals surface area contributed by atoms with Crippen molar-refractivity contribution in [2.75, 3.05) is 12.4 Å². The molecule has 1 atom stereocenters. The van der Waals surface area contributed by atoms with Gasteiger partial charge >= 0.3 is 0 Å². The van der Waals surface area contributed by atoms with E-state index >= 15 is 0 Å². The van der Waals surface area contributed by atoms with Gasteiger partial charge in [0, 0.05) is 6.04 Å². The molecule has 0 amide bonds. The minimum Gasteiger partial charge on any atom is -0.496 e. The van der Waals surface area contributed by atoms with E-state index in [1.165, 1.54) is 6.07 Å². The van der Waals surface area contributed by atoms with Gasteiger partial charge in [-0.05, 0) is 65.2 Å². The van der Waals surface area contributed by atoms with Gasteiger partial charge in [-0.25, -0.2) is 4.39 Å². The van der Waals surface area contributed by atoms with E-state index in [4.69, 9.17) is 4.74 Å². The van der Waals surface area contributed by atoms with Gasteiger partial charge in [0.15, 0.2) is 0 Å². The van der Waals surface area contributed by atoms with Crippen LogP contribution in [0.1, 0.15) is 24.1 Å². The Morgan fingerprint density at radius 1 is 1.20 bits per heavy atom. The molecular formula is C16H17BrFNO. The first-order valence-corrected chi connectivity index (χ1v) is 7.16. The van der Waals surface area contributed by atoms with Gasteiger partial charge in [0.25, 0.3) is 0 Å². The Morgan fingerprint density at radius 3 is 2.55 bits per heavy atom. The standard InChI is InChI=1S/C16H17BrFNO/c1-10-4-6-15(14(18)8-10)19-11(2)12-5-7-16(20-3)13(17)9-12/h4-9,11,19H,1-3H3. The molecule has 20 heavy (non-hydrogen) atoms. The summed E-state index contributed by atoms with van der Waals surface area (Å²) in [6.45, 7) is 3.87. The van der Waals surface area contributed by atoms with Crippen molar-refractivity contribution in [3.8, 4) is 5.75 Å². The van der Waals surface area contributed by atoms with Crippen LogP contribution < -0.4 is 10.1 Å². The number of hydrogen-bond donors (Lipinski definition) is 1. The monoisotopic (exact) mass is 337 g/mol. The SMILES string of the molecule is COc1ccc(C(C)Nc2ccc(C)cc2F)cc1Br. The zero-order valence-electron chi connectivity index (χ0n) is 11.7. The van der Waals surface area contributed by atoms with Crippen LogP contribution in [0, 0.1) is 12.7 Å². The first-order chi connectivity index (χ1) is 9.51. The van der Waals surface area contributed by atoms with Crippen molar-refractivity contribution in [3.05, 3.63) is 57.8 Å². The van der Waals surface area contributed by atoms with Crippen LogP contribution in [0.3, 0.4) is 0 Å². The van der Waals surface area contributed by atoms with Gasteiger partial charge in [-0.3, -0.25) is 0 Å². The van der Waals surface area contributed by atoms with Crippen LogP contribution in [-0.4, -0.2) is 7.11 Å². The van der Waals surface area contributed by atoms with Gasteiger partial charge in [-0.15, -0.1) is 0 Å². The van der Waals surface area contributed by atoms with E-state index in [1.807, 2.05) is 38.1 Å². The van der Waals surface area contributed by atoms with Crippen LogP contribution in [0.25, 0.3) is 0 Å². The predicted octanol–water partition coefficient (Wildman–Crippen LogP) is 5.08. The highest BCUT2D eigenvalue weighted by Gasteiger charge is 2.10. The highest BCUT2D eigenvalue weighted by Crippen LogP contribution is 2.29. The van der Waals surface area contributed by atoms with Crippen molar-refractivity contribution in [2.24, 2.45) is 0 Å². The van der Waals surface area contributed by atoms with Gasteiger partial charge in [0.2, 0.25) is 0 Å². The number of ether oxygens (including phenoxy) is 1. The Hall–Kier alpha value is -1.55. The molecule has 0 spiro atoms. The van der Waals surface area contributed by atoms with Gasteiger partial charge in [-0.2, -0.15) is 0 Å². The van der Waals surface area contributed by atoms with E-state index < -0.39 is 0 Å². The number of benzene rings is 2. The van der Waals surface area contributed by atoms with E-state index in [1.54, 1.807) is 13.2 Å². The molecule has 0 aliphatic heterocycles. The highest BCUT2D eigenvalue weighted by molar-refractivity contribution is 9.10. The number of hydrogen-bond acceptors (Lipinski definition) is 2. The maximum atomic E-state index is 13.8. The molecule has 0 radical (unpaired) electrons. The average Bonchev–Trinajstić information content (AvgIpc) is 2.41. The maximum Gasteiger partial charge on any atom is 0.146 e. The Balaban J connectivity index is 2.19. The van der Waals surface area contributed by atoms with Crippen LogP contribution in [0.4, 0.5) is 10.1 Å². The van der Waals surface area contributed by atoms with Crippen LogP contribution in [-0.2, 0) is 0 Å². The van der Waals surface area contributed by atoms with E-state index in [0.717, 1.165) is 21.3 Å². The molecule has 2 aromatic rings. The van der Waals surface area contributed by atoms with Crippen molar-refractivity contribution in [1.29, 1.82) is 0 Å². The van der Waals surface area contributed by atoms with E-state index in [9.17, 15) is 4.39 Å². The maximum absolute atomic E-state index is 13.8. The summed E-state index contributed by atoms with van der Waals surface area (Å²) >= 11 is 3.46. The Kier molecular flexibility index (Phi) is 4.65. The molecule has 0 bridgehead atoms. The van der Waals surface area contributed by atoms with Gasteiger partial charge in [-0.1, -0.05) is 12.1 Å². The number of anilines is 1. The van der Waals surface area contributed by atoms with Crippen molar-refractivity contribution in [2.45, 2.75) is 19.9 Å². The number of nitrogens with one attached hydrogen (secondary N) is 1. The third-order valence-electron chi connectivity index (χ3n) is 3.17. The zero-order valence-corrected chi connectivity index (χ0v) is 13.3. The van der Waals surface area contributed by atoms with E-state index in [0.29, 0.717) is 5.69 Å². The smallest absolute Gasteiger partial charge is 0.146 e. The van der Waals surface area contributed by atoms with Crippen LogP contribution >= 0.6 is 15.9 Å². The summed E-state index contributed by atoms with van der Waals surface area (Å²) in [6.07, 6.45) is 0. The number of methoxy groups -OCH3 is 1. The fourth-order valence-electron chi connectivity index (χ4n) is 2.01. The number of halogens is 2. The van der Waals surface area contributed by atoms with Crippen LogP contribution in [0.2, 0.25) is 0 Å². The summed E-state index contributed by atoms with van der Waals surface area (Å²) in [5.74, 6) is 0.548. The normalized spacial score (nSPS) is 12.1. The third kappa shape index (κ3) is 3.31. The summed E-state index contributed by atoms with van der Waals surface area (Å²) < 4.78 is 19.9. The van der Waals surface area contributed by atoms with Crippen molar-refractivity contribution in [1.82, 2.24) is 0 Å². The lowest BCUT2D eigenvalue weighted by molar-refractivity contribution is 0.412. The molecule has 2 nitrogen and oxygen atoms in total. The summed E-state index contributed by atoms with van der Waals surface area (Å²) in [7, 11) is 1.63. The highest BCUT2D eigenvalue weighted by atomic mass is 79.9. The molecule has 0 heterocycles.